The van der Waals surface area contributed by atoms with Gasteiger partial charge in [0.1, 0.15) is 5.15 Å². The number of likely N-dealkylation sites (N-methyl/N-ethyl adjacent to an activating group) is 1. The third-order valence-corrected chi connectivity index (χ3v) is 7.73. The number of anilines is 2. The number of amides is 2. The molecule has 0 saturated carbocycles. The molecule has 2 N–H and O–H groups in total. The number of ether oxygens (including phenoxy) is 1. The summed E-state index contributed by atoms with van der Waals surface area (Å²) in [6.45, 7) is 7.32. The normalized spacial score (nSPS) is 16.6. The van der Waals surface area contributed by atoms with Gasteiger partial charge in [-0.15, -0.1) is 5.10 Å². The molecule has 236 valence electrons. The van der Waals surface area contributed by atoms with Crippen LogP contribution in [0.2, 0.25) is 5.15 Å². The first-order chi connectivity index (χ1) is 21.1. The fourth-order valence-corrected chi connectivity index (χ4v) is 5.20. The lowest BCUT2D eigenvalue weighted by atomic mass is 10.1. The van der Waals surface area contributed by atoms with E-state index in [0.29, 0.717) is 50.3 Å². The van der Waals surface area contributed by atoms with Gasteiger partial charge in [-0.2, -0.15) is 13.2 Å². The largest absolute Gasteiger partial charge is 0.417 e. The lowest BCUT2D eigenvalue weighted by Crippen LogP contribution is -2.44. The molecule has 2 aliphatic rings. The summed E-state index contributed by atoms with van der Waals surface area (Å²) in [4.78, 5) is 36.1. The average molecular weight is 636 g/mol. The van der Waals surface area contributed by atoms with Crippen molar-refractivity contribution < 1.29 is 27.5 Å². The third kappa shape index (κ3) is 7.83. The van der Waals surface area contributed by atoms with Crippen molar-refractivity contribution in [2.75, 3.05) is 82.8 Å². The molecule has 0 aliphatic carbocycles. The highest BCUT2D eigenvalue weighted by Gasteiger charge is 2.36. The van der Waals surface area contributed by atoms with Crippen molar-refractivity contribution in [3.63, 3.8) is 0 Å². The number of benzene rings is 1. The number of rotatable bonds is 9. The van der Waals surface area contributed by atoms with E-state index in [1.54, 1.807) is 18.2 Å². The van der Waals surface area contributed by atoms with E-state index >= 15 is 0 Å². The number of aromatic nitrogens is 4. The van der Waals surface area contributed by atoms with Crippen LogP contribution in [0, 0.1) is 0 Å². The highest BCUT2D eigenvalue weighted by molar-refractivity contribution is 6.29. The highest BCUT2D eigenvalue weighted by atomic mass is 35.5. The summed E-state index contributed by atoms with van der Waals surface area (Å²) >= 11 is 5.70. The van der Waals surface area contributed by atoms with Crippen LogP contribution < -0.4 is 15.5 Å². The maximum atomic E-state index is 13.7. The zero-order valence-electron chi connectivity index (χ0n) is 24.1. The fraction of sp³-hybridized carbons (Fsp3) is 0.464. The lowest BCUT2D eigenvalue weighted by molar-refractivity contribution is -0.138. The van der Waals surface area contributed by atoms with Crippen molar-refractivity contribution in [3.05, 3.63) is 58.6 Å². The Kier molecular flexibility index (Phi) is 9.98. The summed E-state index contributed by atoms with van der Waals surface area (Å²) in [6, 6.07) is 5.71. The van der Waals surface area contributed by atoms with E-state index in [2.05, 4.69) is 35.7 Å². The Morgan fingerprint density at radius 1 is 1.05 bits per heavy atom. The summed E-state index contributed by atoms with van der Waals surface area (Å²) in [5.74, 6) is -1.37. The number of hydrogen-bond acceptors (Lipinski definition) is 9. The molecule has 16 heteroatoms. The Bertz CT molecular complexity index is 1470. The molecule has 44 heavy (non-hydrogen) atoms. The Morgan fingerprint density at radius 3 is 2.52 bits per heavy atom. The molecule has 0 radical (unpaired) electrons. The third-order valence-electron chi connectivity index (χ3n) is 7.52. The molecule has 0 bridgehead atoms. The van der Waals surface area contributed by atoms with E-state index in [1.807, 2.05) is 11.9 Å². The molecule has 0 spiro atoms. The summed E-state index contributed by atoms with van der Waals surface area (Å²) in [5.41, 5.74) is -0.405. The van der Waals surface area contributed by atoms with E-state index in [1.165, 1.54) is 10.9 Å². The van der Waals surface area contributed by atoms with Gasteiger partial charge in [0.15, 0.2) is 5.69 Å². The number of halogens is 4. The minimum absolute atomic E-state index is 0.104. The van der Waals surface area contributed by atoms with Gasteiger partial charge in [-0.05, 0) is 44.3 Å². The average Bonchev–Trinajstić information content (AvgIpc) is 3.50. The first-order valence-electron chi connectivity index (χ1n) is 14.2. The van der Waals surface area contributed by atoms with E-state index in [9.17, 15) is 22.8 Å². The first kappa shape index (κ1) is 31.6. The van der Waals surface area contributed by atoms with Gasteiger partial charge in [0.25, 0.3) is 11.8 Å². The van der Waals surface area contributed by atoms with Gasteiger partial charge in [-0.1, -0.05) is 16.8 Å². The first-order valence-corrected chi connectivity index (χ1v) is 14.6. The van der Waals surface area contributed by atoms with Crippen molar-refractivity contribution in [1.29, 1.82) is 0 Å². The predicted molar refractivity (Wildman–Crippen MR) is 157 cm³/mol. The quantitative estimate of drug-likeness (QED) is 0.270. The molecule has 0 unspecified atom stereocenters. The number of piperazine rings is 1. The second-order valence-electron chi connectivity index (χ2n) is 10.6. The molecule has 3 aromatic rings. The van der Waals surface area contributed by atoms with Gasteiger partial charge in [0, 0.05) is 52.0 Å². The highest BCUT2D eigenvalue weighted by Crippen LogP contribution is 2.35. The monoisotopic (exact) mass is 635 g/mol. The Labute approximate surface area is 257 Å². The van der Waals surface area contributed by atoms with Crippen molar-refractivity contribution in [2.45, 2.75) is 12.6 Å². The topological polar surface area (TPSA) is 121 Å². The van der Waals surface area contributed by atoms with Crippen LogP contribution in [0.1, 0.15) is 32.8 Å². The van der Waals surface area contributed by atoms with Crippen molar-refractivity contribution in [3.8, 4) is 5.69 Å². The van der Waals surface area contributed by atoms with Gasteiger partial charge in [0.05, 0.1) is 47.6 Å². The van der Waals surface area contributed by atoms with Crippen LogP contribution in [0.4, 0.5) is 24.5 Å². The van der Waals surface area contributed by atoms with Gasteiger partial charge >= 0.3 is 6.18 Å². The SMILES string of the molecule is CN1CCN(c2ccc(-n3cc(C(=O)NCCCN4CCOCC4)nn3)cc2NC(=O)c2cnc(Cl)cc2C(F)(F)F)CC1. The van der Waals surface area contributed by atoms with Crippen LogP contribution >= 0.6 is 11.6 Å². The zero-order valence-corrected chi connectivity index (χ0v) is 24.9. The molecule has 5 rings (SSSR count). The molecule has 2 saturated heterocycles. The number of alkyl halides is 3. The lowest BCUT2D eigenvalue weighted by Gasteiger charge is -2.35. The smallest absolute Gasteiger partial charge is 0.379 e. The Morgan fingerprint density at radius 2 is 1.80 bits per heavy atom. The molecule has 0 atom stereocenters. The van der Waals surface area contributed by atoms with Gasteiger partial charge in [-0.3, -0.25) is 14.5 Å². The van der Waals surface area contributed by atoms with E-state index < -0.39 is 23.2 Å². The van der Waals surface area contributed by atoms with Crippen molar-refractivity contribution in [2.24, 2.45) is 0 Å². The second-order valence-corrected chi connectivity index (χ2v) is 11.0. The standard InChI is InChI=1S/C28H33ClF3N9O3/c1-38-7-9-40(10-8-38)24-4-3-19(15-22(24)35-26(42)20-17-34-25(29)16-21(20)28(30,31)32)41-18-23(36-37-41)27(43)33-5-2-6-39-11-13-44-14-12-39/h3-4,15-18H,2,5-14H2,1H3,(H,33,43)(H,35,42). The predicted octanol–water partition coefficient (Wildman–Crippen LogP) is 2.79. The molecule has 12 nitrogen and oxygen atoms in total. The summed E-state index contributed by atoms with van der Waals surface area (Å²) < 4.78 is 47.9. The molecular weight excluding hydrogens is 603 g/mol. The molecule has 2 aromatic heterocycles. The van der Waals surface area contributed by atoms with E-state index in [-0.39, 0.29) is 22.4 Å². The molecule has 2 fully saturated rings. The maximum absolute atomic E-state index is 13.7. The summed E-state index contributed by atoms with van der Waals surface area (Å²) in [7, 11) is 2.00. The molecule has 2 aliphatic heterocycles. The Balaban J connectivity index is 1.34. The Hall–Kier alpha value is -3.79. The van der Waals surface area contributed by atoms with Crippen LogP contribution in [0.15, 0.2) is 36.7 Å². The maximum Gasteiger partial charge on any atom is 0.417 e. The number of nitrogens with zero attached hydrogens (tertiary/aromatic N) is 7. The van der Waals surface area contributed by atoms with Gasteiger partial charge < -0.3 is 25.2 Å². The van der Waals surface area contributed by atoms with Crippen LogP contribution in [-0.4, -0.2) is 114 Å². The summed E-state index contributed by atoms with van der Waals surface area (Å²) in [6.07, 6.45) is -1.78. The number of pyridine rings is 1. The second kappa shape index (κ2) is 13.9. The van der Waals surface area contributed by atoms with Gasteiger partial charge in [-0.25, -0.2) is 9.67 Å². The van der Waals surface area contributed by atoms with Crippen LogP contribution in [0.3, 0.4) is 0 Å². The molecule has 1 aromatic carbocycles. The molecular formula is C28H33ClF3N9O3. The van der Waals surface area contributed by atoms with Crippen LogP contribution in [0.5, 0.6) is 0 Å². The zero-order chi connectivity index (χ0) is 31.3. The summed E-state index contributed by atoms with van der Waals surface area (Å²) in [5, 5.41) is 13.2. The number of carbonyl (C=O) groups excluding carboxylic acids is 2. The van der Waals surface area contributed by atoms with E-state index in [0.717, 1.165) is 45.3 Å². The van der Waals surface area contributed by atoms with Crippen molar-refractivity contribution >= 4 is 34.8 Å². The van der Waals surface area contributed by atoms with E-state index in [4.69, 9.17) is 16.3 Å². The van der Waals surface area contributed by atoms with Crippen LogP contribution in [0.25, 0.3) is 5.69 Å². The number of carbonyl (C=O) groups is 2. The minimum Gasteiger partial charge on any atom is -0.379 e. The number of nitrogens with one attached hydrogen (secondary N) is 2. The van der Waals surface area contributed by atoms with Crippen LogP contribution in [-0.2, 0) is 10.9 Å². The van der Waals surface area contributed by atoms with Crippen molar-refractivity contribution in [1.82, 2.24) is 35.1 Å². The fourth-order valence-electron chi connectivity index (χ4n) is 5.04. The minimum atomic E-state index is -4.82. The molecule has 4 heterocycles. The number of morpholine rings is 1. The van der Waals surface area contributed by atoms with Gasteiger partial charge in [0.2, 0.25) is 0 Å². The number of hydrogen-bond donors (Lipinski definition) is 2. The molecule has 2 amide bonds.